The number of anilines is 2. The van der Waals surface area contributed by atoms with Gasteiger partial charge in [0.25, 0.3) is 0 Å². The van der Waals surface area contributed by atoms with E-state index >= 15 is 0 Å². The summed E-state index contributed by atoms with van der Waals surface area (Å²) in [6.07, 6.45) is 3.44. The van der Waals surface area contributed by atoms with Crippen LogP contribution in [0.25, 0.3) is 21.8 Å². The molecule has 0 aliphatic carbocycles. The van der Waals surface area contributed by atoms with Gasteiger partial charge in [-0.15, -0.1) is 0 Å². The van der Waals surface area contributed by atoms with E-state index in [2.05, 4.69) is 25.5 Å². The van der Waals surface area contributed by atoms with Gasteiger partial charge in [0.05, 0.1) is 17.8 Å². The summed E-state index contributed by atoms with van der Waals surface area (Å²) in [5.41, 5.74) is 3.27. The Morgan fingerprint density at radius 2 is 2.05 bits per heavy atom. The minimum Gasteiger partial charge on any atom is -0.390 e. The van der Waals surface area contributed by atoms with Gasteiger partial charge in [0, 0.05) is 23.5 Å². The molecule has 0 fully saturated rings. The van der Waals surface area contributed by atoms with Gasteiger partial charge < -0.3 is 10.4 Å². The molecule has 3 heterocycles. The SMILES string of the molecule is OCc1nccc2cc(Nc3n[nH]c4cccnc34)ccc12. The number of nitrogens with one attached hydrogen (secondary N) is 2. The fourth-order valence-electron chi connectivity index (χ4n) is 2.52. The first-order valence-corrected chi connectivity index (χ1v) is 6.90. The van der Waals surface area contributed by atoms with Crippen LogP contribution in [-0.4, -0.2) is 25.3 Å². The molecule has 1 aromatic carbocycles. The highest BCUT2D eigenvalue weighted by molar-refractivity contribution is 5.91. The maximum atomic E-state index is 9.33. The van der Waals surface area contributed by atoms with Gasteiger partial charge in [-0.1, -0.05) is 6.07 Å². The number of hydrogen-bond acceptors (Lipinski definition) is 5. The molecule has 0 spiro atoms. The van der Waals surface area contributed by atoms with Gasteiger partial charge in [-0.3, -0.25) is 15.1 Å². The fraction of sp³-hybridized carbons (Fsp3) is 0.0625. The number of benzene rings is 1. The largest absolute Gasteiger partial charge is 0.390 e. The van der Waals surface area contributed by atoms with Gasteiger partial charge in [-0.25, -0.2) is 0 Å². The van der Waals surface area contributed by atoms with Crippen LogP contribution in [0.1, 0.15) is 5.69 Å². The van der Waals surface area contributed by atoms with E-state index in [0.717, 1.165) is 27.5 Å². The minimum atomic E-state index is -0.0714. The minimum absolute atomic E-state index is 0.0714. The van der Waals surface area contributed by atoms with Gasteiger partial charge >= 0.3 is 0 Å². The molecule has 0 saturated carbocycles. The Hall–Kier alpha value is -2.99. The molecular weight excluding hydrogens is 278 g/mol. The number of fused-ring (bicyclic) bond motifs is 2. The van der Waals surface area contributed by atoms with Crippen LogP contribution in [0.15, 0.2) is 48.8 Å². The first-order valence-electron chi connectivity index (χ1n) is 6.90. The van der Waals surface area contributed by atoms with Crippen molar-refractivity contribution in [1.29, 1.82) is 0 Å². The van der Waals surface area contributed by atoms with Crippen LogP contribution < -0.4 is 5.32 Å². The van der Waals surface area contributed by atoms with Crippen LogP contribution in [0.2, 0.25) is 0 Å². The van der Waals surface area contributed by atoms with Crippen LogP contribution in [-0.2, 0) is 6.61 Å². The molecule has 0 atom stereocenters. The van der Waals surface area contributed by atoms with E-state index in [1.807, 2.05) is 36.4 Å². The van der Waals surface area contributed by atoms with Crippen molar-refractivity contribution < 1.29 is 5.11 Å². The van der Waals surface area contributed by atoms with Gasteiger partial charge in [0.2, 0.25) is 0 Å². The van der Waals surface area contributed by atoms with Crippen molar-refractivity contribution in [3.8, 4) is 0 Å². The maximum Gasteiger partial charge on any atom is 0.178 e. The quantitative estimate of drug-likeness (QED) is 0.540. The maximum absolute atomic E-state index is 9.33. The summed E-state index contributed by atoms with van der Waals surface area (Å²) < 4.78 is 0. The first-order chi connectivity index (χ1) is 10.8. The van der Waals surface area contributed by atoms with Gasteiger partial charge in [0.15, 0.2) is 5.82 Å². The fourth-order valence-corrected chi connectivity index (χ4v) is 2.52. The Labute approximate surface area is 125 Å². The number of nitrogens with zero attached hydrogens (tertiary/aromatic N) is 3. The van der Waals surface area contributed by atoms with Crippen molar-refractivity contribution >= 4 is 33.3 Å². The second-order valence-corrected chi connectivity index (χ2v) is 4.95. The predicted octanol–water partition coefficient (Wildman–Crippen LogP) is 2.74. The third-order valence-corrected chi connectivity index (χ3v) is 3.58. The van der Waals surface area contributed by atoms with E-state index in [1.165, 1.54) is 0 Å². The van der Waals surface area contributed by atoms with E-state index < -0.39 is 0 Å². The lowest BCUT2D eigenvalue weighted by atomic mass is 10.1. The number of H-pyrrole nitrogens is 1. The molecule has 22 heavy (non-hydrogen) atoms. The van der Waals surface area contributed by atoms with E-state index in [-0.39, 0.29) is 6.61 Å². The smallest absolute Gasteiger partial charge is 0.178 e. The molecule has 6 nitrogen and oxygen atoms in total. The van der Waals surface area contributed by atoms with Crippen LogP contribution in [0.5, 0.6) is 0 Å². The number of aliphatic hydroxyl groups is 1. The molecule has 0 bridgehead atoms. The highest BCUT2D eigenvalue weighted by Crippen LogP contribution is 2.25. The van der Waals surface area contributed by atoms with Gasteiger partial charge in [0.1, 0.15) is 5.52 Å². The number of hydrogen-bond donors (Lipinski definition) is 3. The molecule has 0 saturated heterocycles. The third kappa shape index (κ3) is 2.06. The average molecular weight is 291 g/mol. The predicted molar refractivity (Wildman–Crippen MR) is 84.8 cm³/mol. The number of pyridine rings is 2. The molecule has 3 aromatic heterocycles. The monoisotopic (exact) mass is 291 g/mol. The summed E-state index contributed by atoms with van der Waals surface area (Å²) in [6.45, 7) is -0.0714. The van der Waals surface area contributed by atoms with Crippen molar-refractivity contribution in [2.75, 3.05) is 5.32 Å². The Morgan fingerprint density at radius 1 is 1.09 bits per heavy atom. The van der Waals surface area contributed by atoms with Crippen molar-refractivity contribution in [3.63, 3.8) is 0 Å². The van der Waals surface area contributed by atoms with Crippen LogP contribution >= 0.6 is 0 Å². The van der Waals surface area contributed by atoms with Crippen molar-refractivity contribution in [1.82, 2.24) is 20.2 Å². The summed E-state index contributed by atoms with van der Waals surface area (Å²) in [7, 11) is 0. The summed E-state index contributed by atoms with van der Waals surface area (Å²) in [5.74, 6) is 0.686. The molecule has 0 amide bonds. The highest BCUT2D eigenvalue weighted by Gasteiger charge is 2.07. The second-order valence-electron chi connectivity index (χ2n) is 4.95. The summed E-state index contributed by atoms with van der Waals surface area (Å²) in [5, 5.41) is 21.8. The summed E-state index contributed by atoms with van der Waals surface area (Å²) in [4.78, 5) is 8.50. The molecule has 4 rings (SSSR count). The molecule has 0 radical (unpaired) electrons. The lowest BCUT2D eigenvalue weighted by molar-refractivity contribution is 0.278. The Kier molecular flexibility index (Phi) is 2.94. The van der Waals surface area contributed by atoms with Crippen molar-refractivity contribution in [3.05, 3.63) is 54.5 Å². The summed E-state index contributed by atoms with van der Waals surface area (Å²) in [6, 6.07) is 11.6. The van der Waals surface area contributed by atoms with E-state index in [4.69, 9.17) is 0 Å². The topological polar surface area (TPSA) is 86.7 Å². The molecule has 0 aliphatic rings. The number of rotatable bonds is 3. The average Bonchev–Trinajstić information content (AvgIpc) is 2.97. The Morgan fingerprint density at radius 3 is 2.95 bits per heavy atom. The Bertz CT molecular complexity index is 963. The van der Waals surface area contributed by atoms with Crippen LogP contribution in [0, 0.1) is 0 Å². The van der Waals surface area contributed by atoms with E-state index in [9.17, 15) is 5.11 Å². The summed E-state index contributed by atoms with van der Waals surface area (Å²) >= 11 is 0. The highest BCUT2D eigenvalue weighted by atomic mass is 16.3. The second kappa shape index (κ2) is 5.09. The zero-order chi connectivity index (χ0) is 14.9. The van der Waals surface area contributed by atoms with Gasteiger partial charge in [-0.05, 0) is 35.7 Å². The molecule has 6 heteroatoms. The standard InChI is InChI=1S/C16H13N5O/c22-9-14-12-4-3-11(8-10(12)5-7-17-14)19-16-15-13(20-21-16)2-1-6-18-15/h1-8,22H,9H2,(H2,19,20,21). The van der Waals surface area contributed by atoms with E-state index in [0.29, 0.717) is 11.5 Å². The van der Waals surface area contributed by atoms with Crippen LogP contribution in [0.3, 0.4) is 0 Å². The number of aromatic nitrogens is 4. The zero-order valence-corrected chi connectivity index (χ0v) is 11.6. The first kappa shape index (κ1) is 12.7. The molecule has 4 aromatic rings. The molecule has 108 valence electrons. The third-order valence-electron chi connectivity index (χ3n) is 3.58. The normalized spacial score (nSPS) is 11.1. The van der Waals surface area contributed by atoms with Crippen molar-refractivity contribution in [2.45, 2.75) is 6.61 Å². The number of aliphatic hydroxyl groups excluding tert-OH is 1. The van der Waals surface area contributed by atoms with Crippen LogP contribution in [0.4, 0.5) is 11.5 Å². The molecule has 0 unspecified atom stereocenters. The van der Waals surface area contributed by atoms with Gasteiger partial charge in [-0.2, -0.15) is 5.10 Å². The molecule has 3 N–H and O–H groups in total. The van der Waals surface area contributed by atoms with Crippen molar-refractivity contribution in [2.24, 2.45) is 0 Å². The molecule has 0 aliphatic heterocycles. The Balaban J connectivity index is 1.75. The lowest BCUT2D eigenvalue weighted by Crippen LogP contribution is -1.94. The number of aromatic amines is 1. The van der Waals surface area contributed by atoms with E-state index in [1.54, 1.807) is 12.4 Å². The lowest BCUT2D eigenvalue weighted by Gasteiger charge is -2.07. The zero-order valence-electron chi connectivity index (χ0n) is 11.6. The molecular formula is C16H13N5O.